The summed E-state index contributed by atoms with van der Waals surface area (Å²) in [5, 5.41) is -0.399. The molecule has 4 nitrogen and oxygen atoms in total. The number of rotatable bonds is 8. The molecule has 2 rings (SSSR count). The van der Waals surface area contributed by atoms with Crippen LogP contribution in [0.25, 0.3) is 10.6 Å². The molecule has 0 radical (unpaired) electrons. The van der Waals surface area contributed by atoms with E-state index in [9.17, 15) is 21.4 Å². The predicted octanol–water partition coefficient (Wildman–Crippen LogP) is 4.83. The number of aromatic nitrogens is 1. The second-order valence-electron chi connectivity index (χ2n) is 5.94. The minimum Gasteiger partial charge on any atom is -0.253 e. The minimum atomic E-state index is -3.97. The molecular weight excluding hydrogens is 424 g/mol. The molecule has 0 aliphatic carbocycles. The largest absolute Gasteiger partial charge is 0.253 e. The molecule has 9 heteroatoms. The van der Waals surface area contributed by atoms with Gasteiger partial charge in [-0.15, -0.1) is 11.3 Å². The highest BCUT2D eigenvalue weighted by Gasteiger charge is 2.28. The van der Waals surface area contributed by atoms with Gasteiger partial charge in [0.05, 0.1) is 16.6 Å². The lowest BCUT2D eigenvalue weighted by Crippen LogP contribution is -2.12. The summed E-state index contributed by atoms with van der Waals surface area (Å²) in [7, 11) is -5.58. The van der Waals surface area contributed by atoms with Gasteiger partial charge in [0.25, 0.3) is 0 Å². The van der Waals surface area contributed by atoms with Crippen molar-refractivity contribution in [2.45, 2.75) is 28.3 Å². The van der Waals surface area contributed by atoms with Crippen molar-refractivity contribution in [2.75, 3.05) is 5.75 Å². The van der Waals surface area contributed by atoms with Gasteiger partial charge in [0.1, 0.15) is 20.9 Å². The van der Waals surface area contributed by atoms with E-state index in [0.717, 1.165) is 29.6 Å². The number of hydrogen-bond donors (Lipinski definition) is 0. The Bertz CT molecular complexity index is 1050. The van der Waals surface area contributed by atoms with E-state index in [-0.39, 0.29) is 19.5 Å². The van der Waals surface area contributed by atoms with Crippen LogP contribution in [-0.2, 0) is 20.6 Å². The van der Waals surface area contributed by atoms with Gasteiger partial charge < -0.3 is 0 Å². The number of halogens is 2. The summed E-state index contributed by atoms with van der Waals surface area (Å²) in [5.41, 5.74) is 0.393. The maximum atomic E-state index is 13.5. The molecule has 2 aromatic rings. The van der Waals surface area contributed by atoms with Crippen LogP contribution in [0.2, 0.25) is 0 Å². The fraction of sp³-hybridized carbons (Fsp3) is 0.211. The molecule has 0 aliphatic heterocycles. The summed E-state index contributed by atoms with van der Waals surface area (Å²) in [6.45, 7) is 6.75. The molecule has 28 heavy (non-hydrogen) atoms. The van der Waals surface area contributed by atoms with E-state index >= 15 is 0 Å². The molecule has 0 fully saturated rings. The molecular formula is C19H19F2NO3S3. The predicted molar refractivity (Wildman–Crippen MR) is 110 cm³/mol. The molecule has 0 amide bonds. The number of allylic oxidation sites excluding steroid dienone is 4. The first-order valence-corrected chi connectivity index (χ1v) is 11.9. The third kappa shape index (κ3) is 5.52. The summed E-state index contributed by atoms with van der Waals surface area (Å²) in [4.78, 5) is 4.14. The third-order valence-electron chi connectivity index (χ3n) is 3.41. The van der Waals surface area contributed by atoms with Crippen molar-refractivity contribution >= 4 is 32.0 Å². The van der Waals surface area contributed by atoms with Gasteiger partial charge in [0.15, 0.2) is 5.03 Å². The Morgan fingerprint density at radius 1 is 1.39 bits per heavy atom. The molecule has 1 unspecified atom stereocenters. The summed E-state index contributed by atoms with van der Waals surface area (Å²) in [5.74, 6) is -1.65. The van der Waals surface area contributed by atoms with Crippen LogP contribution in [0.15, 0.2) is 70.2 Å². The SMILES string of the molecule is C=C/C=C(F)\C=C/CS(=O)(=O)c1nc(-c2cccc(F)c2)sc1S(=O)C(C)C. The standard InChI is InChI=1S/C19H19F2NO3S3/c1-4-7-15(20)10-6-11-28(24,25)18-19(27(23)13(2)3)26-17(22-18)14-8-5-9-16(21)12-14/h4-10,12-13H,1,11H2,2-3H3/b10-6-,15-7+. The number of thiazole rings is 1. The molecule has 0 N–H and O–H groups in total. The van der Waals surface area contributed by atoms with E-state index < -0.39 is 38.0 Å². The lowest BCUT2D eigenvalue weighted by molar-refractivity contribution is 0.593. The zero-order chi connectivity index (χ0) is 20.9. The number of benzene rings is 1. The van der Waals surface area contributed by atoms with Gasteiger partial charge in [-0.25, -0.2) is 22.2 Å². The average Bonchev–Trinajstić information content (AvgIpc) is 3.07. The topological polar surface area (TPSA) is 64.1 Å². The fourth-order valence-electron chi connectivity index (χ4n) is 2.11. The molecule has 150 valence electrons. The maximum Gasteiger partial charge on any atom is 0.201 e. The Morgan fingerprint density at radius 3 is 2.71 bits per heavy atom. The zero-order valence-corrected chi connectivity index (χ0v) is 17.7. The van der Waals surface area contributed by atoms with Crippen molar-refractivity contribution in [3.05, 3.63) is 66.8 Å². The van der Waals surface area contributed by atoms with Crippen LogP contribution >= 0.6 is 11.3 Å². The number of nitrogens with zero attached hydrogens (tertiary/aromatic N) is 1. The third-order valence-corrected chi connectivity index (χ3v) is 8.25. The molecule has 0 bridgehead atoms. The highest BCUT2D eigenvalue weighted by Crippen LogP contribution is 2.34. The molecule has 1 aromatic heterocycles. The van der Waals surface area contributed by atoms with Gasteiger partial charge >= 0.3 is 0 Å². The van der Waals surface area contributed by atoms with Crippen LogP contribution in [0.1, 0.15) is 13.8 Å². The zero-order valence-electron chi connectivity index (χ0n) is 15.3. The first kappa shape index (κ1) is 22.3. The number of hydrogen-bond acceptors (Lipinski definition) is 5. The van der Waals surface area contributed by atoms with Gasteiger partial charge in [-0.2, -0.15) is 0 Å². The Kier molecular flexibility index (Phi) is 7.56. The molecule has 1 aromatic carbocycles. The van der Waals surface area contributed by atoms with Crippen molar-refractivity contribution in [1.82, 2.24) is 4.98 Å². The van der Waals surface area contributed by atoms with Crippen molar-refractivity contribution in [1.29, 1.82) is 0 Å². The van der Waals surface area contributed by atoms with Crippen molar-refractivity contribution in [2.24, 2.45) is 0 Å². The molecule has 1 atom stereocenters. The highest BCUT2D eigenvalue weighted by molar-refractivity contribution is 7.93. The van der Waals surface area contributed by atoms with Crippen LogP contribution in [0.5, 0.6) is 0 Å². The highest BCUT2D eigenvalue weighted by atomic mass is 32.2. The Hall–Kier alpha value is -1.97. The minimum absolute atomic E-state index is 0.102. The van der Waals surface area contributed by atoms with Crippen LogP contribution in [0.4, 0.5) is 8.78 Å². The second-order valence-corrected chi connectivity index (χ2v) is 11.1. The normalized spacial score (nSPS) is 14.0. The van der Waals surface area contributed by atoms with Crippen LogP contribution in [0.3, 0.4) is 0 Å². The van der Waals surface area contributed by atoms with Crippen molar-refractivity contribution < 1.29 is 21.4 Å². The lowest BCUT2D eigenvalue weighted by Gasteiger charge is -2.05. The first-order chi connectivity index (χ1) is 13.2. The van der Waals surface area contributed by atoms with E-state index in [1.165, 1.54) is 24.3 Å². The van der Waals surface area contributed by atoms with Crippen LogP contribution in [0, 0.1) is 5.82 Å². The van der Waals surface area contributed by atoms with E-state index in [1.807, 2.05) is 0 Å². The van der Waals surface area contributed by atoms with Crippen molar-refractivity contribution in [3.63, 3.8) is 0 Å². The van der Waals surface area contributed by atoms with E-state index in [1.54, 1.807) is 19.9 Å². The summed E-state index contributed by atoms with van der Waals surface area (Å²) in [6, 6.07) is 5.57. The second kappa shape index (κ2) is 9.49. The van der Waals surface area contributed by atoms with Gasteiger partial charge in [0, 0.05) is 10.8 Å². The monoisotopic (exact) mass is 443 g/mol. The van der Waals surface area contributed by atoms with E-state index in [4.69, 9.17) is 0 Å². The van der Waals surface area contributed by atoms with Gasteiger partial charge in [-0.3, -0.25) is 4.21 Å². The summed E-state index contributed by atoms with van der Waals surface area (Å²) >= 11 is 0.953. The van der Waals surface area contributed by atoms with Crippen LogP contribution < -0.4 is 0 Å². The van der Waals surface area contributed by atoms with Crippen molar-refractivity contribution in [3.8, 4) is 10.6 Å². The molecule has 0 saturated heterocycles. The van der Waals surface area contributed by atoms with Gasteiger partial charge in [-0.1, -0.05) is 44.7 Å². The fourth-order valence-corrected chi connectivity index (χ4v) is 6.77. The van der Waals surface area contributed by atoms with Gasteiger partial charge in [-0.05, 0) is 24.3 Å². The Labute approximate surface area is 169 Å². The molecule has 0 spiro atoms. The Morgan fingerprint density at radius 2 is 2.11 bits per heavy atom. The van der Waals surface area contributed by atoms with Crippen LogP contribution in [-0.4, -0.2) is 28.6 Å². The molecule has 0 saturated carbocycles. The van der Waals surface area contributed by atoms with E-state index in [2.05, 4.69) is 11.6 Å². The Balaban J connectivity index is 2.50. The summed E-state index contributed by atoms with van der Waals surface area (Å²) in [6.07, 6.45) is 4.49. The quantitative estimate of drug-likeness (QED) is 0.548. The molecule has 1 heterocycles. The first-order valence-electron chi connectivity index (χ1n) is 8.20. The van der Waals surface area contributed by atoms with E-state index in [0.29, 0.717) is 5.56 Å². The molecule has 0 aliphatic rings. The average molecular weight is 444 g/mol. The maximum absolute atomic E-state index is 13.5. The lowest BCUT2D eigenvalue weighted by atomic mass is 10.2. The van der Waals surface area contributed by atoms with Gasteiger partial charge in [0.2, 0.25) is 9.84 Å². The summed E-state index contributed by atoms with van der Waals surface area (Å²) < 4.78 is 65.1. The number of sulfone groups is 1. The smallest absolute Gasteiger partial charge is 0.201 e.